The molecule has 3 aromatic carbocycles. The molecular formula is C24H16N2. The van der Waals surface area contributed by atoms with Gasteiger partial charge in [-0.25, -0.2) is 0 Å². The molecule has 122 valence electrons. The summed E-state index contributed by atoms with van der Waals surface area (Å²) in [6.07, 6.45) is 7.38. The summed E-state index contributed by atoms with van der Waals surface area (Å²) in [5.41, 5.74) is 4.82. The molecule has 0 aliphatic rings. The minimum Gasteiger partial charge on any atom is -0.265 e. The van der Waals surface area contributed by atoms with Crippen LogP contribution in [0.1, 0.15) is 0 Å². The summed E-state index contributed by atoms with van der Waals surface area (Å²) >= 11 is 0. The van der Waals surface area contributed by atoms with E-state index < -0.39 is 0 Å². The second kappa shape index (κ2) is 6.08. The van der Waals surface area contributed by atoms with Crippen molar-refractivity contribution in [3.8, 4) is 22.3 Å². The highest BCUT2D eigenvalue weighted by Gasteiger charge is 2.11. The topological polar surface area (TPSA) is 25.8 Å². The molecule has 2 heteroatoms. The lowest BCUT2D eigenvalue weighted by atomic mass is 9.91. The Kier molecular flexibility index (Phi) is 3.46. The van der Waals surface area contributed by atoms with Crippen molar-refractivity contribution < 1.29 is 0 Å². The van der Waals surface area contributed by atoms with E-state index >= 15 is 0 Å². The molecule has 0 spiro atoms. The van der Waals surface area contributed by atoms with Crippen LogP contribution >= 0.6 is 0 Å². The Balaban J connectivity index is 1.90. The zero-order valence-electron chi connectivity index (χ0n) is 14.1. The van der Waals surface area contributed by atoms with Gasteiger partial charge in [-0.05, 0) is 80.2 Å². The van der Waals surface area contributed by atoms with E-state index in [2.05, 4.69) is 82.8 Å². The van der Waals surface area contributed by atoms with Crippen LogP contribution < -0.4 is 0 Å². The molecule has 0 fully saturated rings. The van der Waals surface area contributed by atoms with Crippen LogP contribution in [0.4, 0.5) is 0 Å². The Morgan fingerprint density at radius 2 is 0.885 bits per heavy atom. The minimum atomic E-state index is 1.18. The van der Waals surface area contributed by atoms with Crippen LogP contribution in [0, 0.1) is 0 Å². The summed E-state index contributed by atoms with van der Waals surface area (Å²) in [5.74, 6) is 0. The SMILES string of the molecule is c1ccc2cc3c(-c4ccncc4)ccc(-c4ccncc4)c3cc2c1. The van der Waals surface area contributed by atoms with E-state index in [1.165, 1.54) is 43.8 Å². The number of fused-ring (bicyclic) bond motifs is 2. The van der Waals surface area contributed by atoms with Crippen LogP contribution in [-0.4, -0.2) is 9.97 Å². The van der Waals surface area contributed by atoms with Gasteiger partial charge in [0.25, 0.3) is 0 Å². The average Bonchev–Trinajstić information content (AvgIpc) is 2.73. The monoisotopic (exact) mass is 332 g/mol. The molecule has 2 nitrogen and oxygen atoms in total. The van der Waals surface area contributed by atoms with Crippen LogP contribution in [0.15, 0.2) is 97.6 Å². The van der Waals surface area contributed by atoms with Gasteiger partial charge in [0, 0.05) is 24.8 Å². The molecule has 26 heavy (non-hydrogen) atoms. The lowest BCUT2D eigenvalue weighted by Gasteiger charge is -2.13. The normalized spacial score (nSPS) is 11.1. The number of rotatable bonds is 2. The molecule has 0 N–H and O–H groups in total. The summed E-state index contributed by atoms with van der Waals surface area (Å²) in [7, 11) is 0. The molecular weight excluding hydrogens is 316 g/mol. The Labute approximate surface area is 151 Å². The van der Waals surface area contributed by atoms with Crippen molar-refractivity contribution in [2.24, 2.45) is 0 Å². The molecule has 0 amide bonds. The van der Waals surface area contributed by atoms with E-state index in [9.17, 15) is 0 Å². The summed E-state index contributed by atoms with van der Waals surface area (Å²) in [6.45, 7) is 0. The van der Waals surface area contributed by atoms with Crippen molar-refractivity contribution in [2.45, 2.75) is 0 Å². The number of aromatic nitrogens is 2. The highest BCUT2D eigenvalue weighted by Crippen LogP contribution is 2.37. The number of benzene rings is 3. The van der Waals surface area contributed by atoms with Gasteiger partial charge in [-0.3, -0.25) is 9.97 Å². The summed E-state index contributed by atoms with van der Waals surface area (Å²) in [4.78, 5) is 8.32. The first-order valence-corrected chi connectivity index (χ1v) is 8.66. The maximum absolute atomic E-state index is 4.16. The third-order valence-corrected chi connectivity index (χ3v) is 4.87. The summed E-state index contributed by atoms with van der Waals surface area (Å²) < 4.78 is 0. The number of hydrogen-bond acceptors (Lipinski definition) is 2. The van der Waals surface area contributed by atoms with Crippen molar-refractivity contribution >= 4 is 21.5 Å². The fourth-order valence-corrected chi connectivity index (χ4v) is 3.60. The fourth-order valence-electron chi connectivity index (χ4n) is 3.60. The van der Waals surface area contributed by atoms with E-state index in [4.69, 9.17) is 0 Å². The van der Waals surface area contributed by atoms with Crippen LogP contribution in [0.3, 0.4) is 0 Å². The lowest BCUT2D eigenvalue weighted by molar-refractivity contribution is 1.33. The van der Waals surface area contributed by atoms with Crippen molar-refractivity contribution in [1.29, 1.82) is 0 Å². The molecule has 0 saturated heterocycles. The lowest BCUT2D eigenvalue weighted by Crippen LogP contribution is -1.87. The molecule has 0 aliphatic heterocycles. The Bertz CT molecular complexity index is 1120. The second-order valence-corrected chi connectivity index (χ2v) is 6.38. The summed E-state index contributed by atoms with van der Waals surface area (Å²) in [6, 6.07) is 25.8. The van der Waals surface area contributed by atoms with Gasteiger partial charge in [0.1, 0.15) is 0 Å². The largest absolute Gasteiger partial charge is 0.265 e. The van der Waals surface area contributed by atoms with Gasteiger partial charge in [0.15, 0.2) is 0 Å². The third kappa shape index (κ3) is 2.44. The summed E-state index contributed by atoms with van der Waals surface area (Å²) in [5, 5.41) is 5.01. The van der Waals surface area contributed by atoms with Crippen LogP contribution in [0.5, 0.6) is 0 Å². The van der Waals surface area contributed by atoms with Gasteiger partial charge >= 0.3 is 0 Å². The molecule has 5 aromatic rings. The number of pyridine rings is 2. The van der Waals surface area contributed by atoms with E-state index in [0.717, 1.165) is 0 Å². The first kappa shape index (κ1) is 14.8. The fraction of sp³-hybridized carbons (Fsp3) is 0. The molecule has 2 aromatic heterocycles. The van der Waals surface area contributed by atoms with E-state index in [-0.39, 0.29) is 0 Å². The molecule has 0 unspecified atom stereocenters. The molecule has 0 atom stereocenters. The molecule has 0 radical (unpaired) electrons. The van der Waals surface area contributed by atoms with Gasteiger partial charge < -0.3 is 0 Å². The maximum atomic E-state index is 4.16. The number of hydrogen-bond donors (Lipinski definition) is 0. The first-order chi connectivity index (χ1) is 12.9. The molecule has 0 aliphatic carbocycles. The maximum Gasteiger partial charge on any atom is 0.0273 e. The minimum absolute atomic E-state index is 1.18. The van der Waals surface area contributed by atoms with Gasteiger partial charge in [-0.1, -0.05) is 36.4 Å². The van der Waals surface area contributed by atoms with E-state index in [1.54, 1.807) is 0 Å². The van der Waals surface area contributed by atoms with Gasteiger partial charge in [-0.15, -0.1) is 0 Å². The smallest absolute Gasteiger partial charge is 0.0273 e. The quantitative estimate of drug-likeness (QED) is 0.364. The van der Waals surface area contributed by atoms with Crippen LogP contribution in [0.2, 0.25) is 0 Å². The van der Waals surface area contributed by atoms with Crippen molar-refractivity contribution in [2.75, 3.05) is 0 Å². The second-order valence-electron chi connectivity index (χ2n) is 6.38. The zero-order valence-corrected chi connectivity index (χ0v) is 14.1. The standard InChI is InChI=1S/C24H16N2/c1-2-4-20-16-24-22(18-9-13-26-14-10-18)6-5-21(17-7-11-25-12-8-17)23(24)15-19(20)3-1/h1-16H. The molecule has 2 heterocycles. The average molecular weight is 332 g/mol. The van der Waals surface area contributed by atoms with E-state index in [0.29, 0.717) is 0 Å². The zero-order chi connectivity index (χ0) is 17.3. The van der Waals surface area contributed by atoms with Crippen LogP contribution in [0.25, 0.3) is 43.8 Å². The Morgan fingerprint density at radius 3 is 1.31 bits per heavy atom. The molecule has 0 bridgehead atoms. The molecule has 5 rings (SSSR count). The van der Waals surface area contributed by atoms with Gasteiger partial charge in [-0.2, -0.15) is 0 Å². The highest BCUT2D eigenvalue weighted by molar-refractivity contribution is 6.10. The number of nitrogens with zero attached hydrogens (tertiary/aromatic N) is 2. The Hall–Kier alpha value is -3.52. The van der Waals surface area contributed by atoms with E-state index in [1.807, 2.05) is 24.8 Å². The van der Waals surface area contributed by atoms with Crippen molar-refractivity contribution in [1.82, 2.24) is 9.97 Å². The molecule has 0 saturated carbocycles. The van der Waals surface area contributed by atoms with Gasteiger partial charge in [0.05, 0.1) is 0 Å². The highest BCUT2D eigenvalue weighted by atomic mass is 14.6. The van der Waals surface area contributed by atoms with Crippen molar-refractivity contribution in [3.63, 3.8) is 0 Å². The van der Waals surface area contributed by atoms with Crippen molar-refractivity contribution in [3.05, 3.63) is 97.6 Å². The third-order valence-electron chi connectivity index (χ3n) is 4.87. The Morgan fingerprint density at radius 1 is 0.462 bits per heavy atom. The van der Waals surface area contributed by atoms with Gasteiger partial charge in [0.2, 0.25) is 0 Å². The predicted molar refractivity (Wildman–Crippen MR) is 108 cm³/mol. The predicted octanol–water partition coefficient (Wildman–Crippen LogP) is 6.12. The van der Waals surface area contributed by atoms with Crippen LogP contribution in [-0.2, 0) is 0 Å². The first-order valence-electron chi connectivity index (χ1n) is 8.66.